The Bertz CT molecular complexity index is 1290. The Labute approximate surface area is 176 Å². The number of nitro benzene ring substituents is 1. The number of benzene rings is 3. The summed E-state index contributed by atoms with van der Waals surface area (Å²) in [6.45, 7) is 1.95. The van der Waals surface area contributed by atoms with Gasteiger partial charge in [0.1, 0.15) is 12.2 Å². The van der Waals surface area contributed by atoms with Gasteiger partial charge in [-0.15, -0.1) is 0 Å². The van der Waals surface area contributed by atoms with Crippen molar-refractivity contribution in [1.29, 1.82) is 0 Å². The van der Waals surface area contributed by atoms with E-state index in [9.17, 15) is 14.9 Å². The van der Waals surface area contributed by atoms with Gasteiger partial charge in [0.25, 0.3) is 5.69 Å². The van der Waals surface area contributed by atoms with Gasteiger partial charge >= 0.3 is 0 Å². The molecule has 1 aromatic heterocycles. The van der Waals surface area contributed by atoms with Crippen molar-refractivity contribution in [1.82, 2.24) is 0 Å². The molecule has 0 radical (unpaired) electrons. The molecular weight excluding hydrogens is 406 g/mol. The number of fused-ring (bicyclic) bond motifs is 1. The minimum atomic E-state index is -0.469. The first kappa shape index (κ1) is 19.7. The molecule has 3 aromatic carbocycles. The highest BCUT2D eigenvalue weighted by Gasteiger charge is 2.18. The Morgan fingerprint density at radius 2 is 1.73 bits per heavy atom. The number of hydrogen-bond acceptors (Lipinski definition) is 5. The fourth-order valence-electron chi connectivity index (χ4n) is 3.08. The van der Waals surface area contributed by atoms with E-state index in [1.807, 2.05) is 13.0 Å². The highest BCUT2D eigenvalue weighted by atomic mass is 35.5. The molecule has 0 aliphatic rings. The standard InChI is InChI=1S/C23H16ClNO5/c1-14-2-11-20-19(12-14)21(26)23(22(30-20)16-5-7-17(24)8-6-16)29-13-15-3-9-18(10-4-15)25(27)28/h2-12H,13H2,1H3. The maximum Gasteiger partial charge on any atom is 0.269 e. The first-order valence-corrected chi connectivity index (χ1v) is 9.50. The third kappa shape index (κ3) is 3.90. The van der Waals surface area contributed by atoms with Crippen LogP contribution in [-0.4, -0.2) is 4.92 Å². The van der Waals surface area contributed by atoms with E-state index in [0.29, 0.717) is 32.9 Å². The SMILES string of the molecule is Cc1ccc2oc(-c3ccc(Cl)cc3)c(OCc3ccc([N+](=O)[O-])cc3)c(=O)c2c1. The van der Waals surface area contributed by atoms with Gasteiger partial charge in [0.15, 0.2) is 5.76 Å². The number of halogens is 1. The average molecular weight is 422 g/mol. The van der Waals surface area contributed by atoms with E-state index < -0.39 is 4.92 Å². The molecular formula is C23H16ClNO5. The molecule has 0 fully saturated rings. The van der Waals surface area contributed by atoms with Crippen molar-refractivity contribution in [3.8, 4) is 17.1 Å². The fraction of sp³-hybridized carbons (Fsp3) is 0.0870. The maximum absolute atomic E-state index is 13.2. The lowest BCUT2D eigenvalue weighted by atomic mass is 10.1. The summed E-state index contributed by atoms with van der Waals surface area (Å²) in [6, 6.07) is 18.3. The van der Waals surface area contributed by atoms with Crippen molar-refractivity contribution in [3.63, 3.8) is 0 Å². The lowest BCUT2D eigenvalue weighted by Gasteiger charge is -2.12. The molecule has 0 aliphatic carbocycles. The third-order valence-corrected chi connectivity index (χ3v) is 4.89. The molecule has 0 atom stereocenters. The second-order valence-corrected chi connectivity index (χ2v) is 7.24. The maximum atomic E-state index is 13.2. The van der Waals surface area contributed by atoms with Crippen LogP contribution < -0.4 is 10.2 Å². The van der Waals surface area contributed by atoms with Crippen LogP contribution in [0.1, 0.15) is 11.1 Å². The van der Waals surface area contributed by atoms with Gasteiger partial charge in [0.05, 0.1) is 10.3 Å². The highest BCUT2D eigenvalue weighted by Crippen LogP contribution is 2.32. The second-order valence-electron chi connectivity index (χ2n) is 6.81. The molecule has 0 saturated carbocycles. The molecule has 6 nitrogen and oxygen atoms in total. The molecule has 1 heterocycles. The highest BCUT2D eigenvalue weighted by molar-refractivity contribution is 6.30. The summed E-state index contributed by atoms with van der Waals surface area (Å²) in [5.74, 6) is 0.378. The smallest absolute Gasteiger partial charge is 0.269 e. The molecule has 150 valence electrons. The number of nitrogens with zero attached hydrogens (tertiary/aromatic N) is 1. The number of aryl methyl sites for hydroxylation is 1. The van der Waals surface area contributed by atoms with Gasteiger partial charge in [0.2, 0.25) is 11.2 Å². The summed E-state index contributed by atoms with van der Waals surface area (Å²) in [4.78, 5) is 23.6. The number of rotatable bonds is 5. The van der Waals surface area contributed by atoms with Crippen molar-refractivity contribution in [2.75, 3.05) is 0 Å². The lowest BCUT2D eigenvalue weighted by Crippen LogP contribution is -2.10. The monoisotopic (exact) mass is 421 g/mol. The molecule has 30 heavy (non-hydrogen) atoms. The van der Waals surface area contributed by atoms with E-state index in [1.54, 1.807) is 48.5 Å². The molecule has 4 rings (SSSR count). The zero-order valence-electron chi connectivity index (χ0n) is 15.9. The normalized spacial score (nSPS) is 10.9. The van der Waals surface area contributed by atoms with Crippen LogP contribution >= 0.6 is 11.6 Å². The number of non-ortho nitro benzene ring substituents is 1. The van der Waals surface area contributed by atoms with Crippen molar-refractivity contribution in [3.05, 3.63) is 103 Å². The molecule has 0 spiro atoms. The van der Waals surface area contributed by atoms with Crippen molar-refractivity contribution in [2.24, 2.45) is 0 Å². The lowest BCUT2D eigenvalue weighted by molar-refractivity contribution is -0.384. The Morgan fingerprint density at radius 1 is 1.03 bits per heavy atom. The summed E-state index contributed by atoms with van der Waals surface area (Å²) in [6.07, 6.45) is 0. The summed E-state index contributed by atoms with van der Waals surface area (Å²) in [7, 11) is 0. The van der Waals surface area contributed by atoms with E-state index in [4.69, 9.17) is 20.8 Å². The first-order chi connectivity index (χ1) is 14.4. The third-order valence-electron chi connectivity index (χ3n) is 4.64. The molecule has 0 unspecified atom stereocenters. The van der Waals surface area contributed by atoms with Crippen LogP contribution in [0.25, 0.3) is 22.3 Å². The van der Waals surface area contributed by atoms with Crippen LogP contribution in [0, 0.1) is 17.0 Å². The number of nitro groups is 1. The number of hydrogen-bond donors (Lipinski definition) is 0. The predicted octanol–water partition coefficient (Wildman–Crippen LogP) is 5.91. The Balaban J connectivity index is 1.78. The van der Waals surface area contributed by atoms with Gasteiger partial charge in [-0.05, 0) is 61.0 Å². The molecule has 7 heteroatoms. The van der Waals surface area contributed by atoms with E-state index >= 15 is 0 Å². The van der Waals surface area contributed by atoms with E-state index in [2.05, 4.69) is 0 Å². The Kier molecular flexibility index (Phi) is 5.25. The van der Waals surface area contributed by atoms with Crippen molar-refractivity contribution in [2.45, 2.75) is 13.5 Å². The van der Waals surface area contributed by atoms with Crippen LogP contribution in [0.5, 0.6) is 5.75 Å². The van der Waals surface area contributed by atoms with Crippen molar-refractivity contribution < 1.29 is 14.1 Å². The van der Waals surface area contributed by atoms with Gasteiger partial charge in [-0.2, -0.15) is 0 Å². The van der Waals surface area contributed by atoms with Gasteiger partial charge in [-0.25, -0.2) is 0 Å². The van der Waals surface area contributed by atoms with Crippen LogP contribution in [-0.2, 0) is 6.61 Å². The zero-order valence-corrected chi connectivity index (χ0v) is 16.7. The zero-order chi connectivity index (χ0) is 21.3. The van der Waals surface area contributed by atoms with E-state index in [-0.39, 0.29) is 23.5 Å². The van der Waals surface area contributed by atoms with Crippen LogP contribution in [0.3, 0.4) is 0 Å². The average Bonchev–Trinajstić information content (AvgIpc) is 2.74. The number of ether oxygens (including phenoxy) is 1. The van der Waals surface area contributed by atoms with Crippen LogP contribution in [0.2, 0.25) is 5.02 Å². The summed E-state index contributed by atoms with van der Waals surface area (Å²) in [5.41, 5.74) is 2.42. The summed E-state index contributed by atoms with van der Waals surface area (Å²) < 4.78 is 11.9. The Hall–Kier alpha value is -3.64. The molecule has 0 saturated heterocycles. The van der Waals surface area contributed by atoms with Gasteiger partial charge in [-0.3, -0.25) is 14.9 Å². The van der Waals surface area contributed by atoms with Crippen LogP contribution in [0.15, 0.2) is 75.9 Å². The predicted molar refractivity (Wildman–Crippen MR) is 115 cm³/mol. The molecule has 0 amide bonds. The summed E-state index contributed by atoms with van der Waals surface area (Å²) in [5, 5.41) is 11.8. The molecule has 0 N–H and O–H groups in total. The minimum absolute atomic E-state index is 0.0127. The van der Waals surface area contributed by atoms with E-state index in [0.717, 1.165) is 5.56 Å². The van der Waals surface area contributed by atoms with Crippen molar-refractivity contribution >= 4 is 28.3 Å². The fourth-order valence-corrected chi connectivity index (χ4v) is 3.21. The first-order valence-electron chi connectivity index (χ1n) is 9.12. The van der Waals surface area contributed by atoms with Gasteiger partial charge in [-0.1, -0.05) is 23.2 Å². The second kappa shape index (κ2) is 8.00. The van der Waals surface area contributed by atoms with E-state index in [1.165, 1.54) is 12.1 Å². The molecule has 0 aliphatic heterocycles. The summed E-state index contributed by atoms with van der Waals surface area (Å²) >= 11 is 5.99. The minimum Gasteiger partial charge on any atom is -0.481 e. The van der Waals surface area contributed by atoms with Crippen LogP contribution in [0.4, 0.5) is 5.69 Å². The largest absolute Gasteiger partial charge is 0.481 e. The van der Waals surface area contributed by atoms with Gasteiger partial charge in [0, 0.05) is 22.7 Å². The quantitative estimate of drug-likeness (QED) is 0.295. The van der Waals surface area contributed by atoms with Gasteiger partial charge < -0.3 is 9.15 Å². The molecule has 0 bridgehead atoms. The Morgan fingerprint density at radius 3 is 2.40 bits per heavy atom. The molecule has 4 aromatic rings. The topological polar surface area (TPSA) is 82.6 Å².